The van der Waals surface area contributed by atoms with E-state index in [1.165, 1.54) is 23.1 Å². The van der Waals surface area contributed by atoms with Crippen LogP contribution in [0.5, 0.6) is 0 Å². The minimum absolute atomic E-state index is 0.126. The van der Waals surface area contributed by atoms with Gasteiger partial charge < -0.3 is 9.30 Å². The first-order valence-electron chi connectivity index (χ1n) is 8.30. The maximum absolute atomic E-state index is 12.1. The monoisotopic (exact) mass is 382 g/mol. The Morgan fingerprint density at radius 3 is 2.88 bits per heavy atom. The zero-order chi connectivity index (χ0) is 17.8. The van der Waals surface area contributed by atoms with Crippen molar-refractivity contribution in [2.75, 3.05) is 17.7 Å². The molecule has 136 valence electrons. The van der Waals surface area contributed by atoms with Crippen molar-refractivity contribution in [1.29, 1.82) is 0 Å². The molecule has 3 rings (SSSR count). The lowest BCUT2D eigenvalue weighted by atomic mass is 10.2. The second-order valence-electron chi connectivity index (χ2n) is 6.20. The predicted molar refractivity (Wildman–Crippen MR) is 97.1 cm³/mol. The topological polar surface area (TPSA) is 94.8 Å². The number of hydrogen-bond acceptors (Lipinski definition) is 8. The molecule has 1 fully saturated rings. The van der Waals surface area contributed by atoms with E-state index in [1.807, 2.05) is 6.92 Å². The molecule has 1 saturated heterocycles. The molecule has 2 aromatic rings. The highest BCUT2D eigenvalue weighted by atomic mass is 32.2. The number of ether oxygens (including phenoxy) is 1. The van der Waals surface area contributed by atoms with E-state index < -0.39 is 0 Å². The first-order chi connectivity index (χ1) is 12.0. The number of carbonyl (C=O) groups is 1. The van der Waals surface area contributed by atoms with Crippen LogP contribution in [0.25, 0.3) is 0 Å². The van der Waals surface area contributed by atoms with Crippen molar-refractivity contribution >= 4 is 34.1 Å². The third-order valence-corrected chi connectivity index (χ3v) is 5.50. The number of carbonyl (C=O) groups excluding carboxylic acids is 1. The van der Waals surface area contributed by atoms with Crippen LogP contribution in [0, 0.1) is 6.92 Å². The highest BCUT2D eigenvalue weighted by molar-refractivity contribution is 7.99. The van der Waals surface area contributed by atoms with Gasteiger partial charge in [0.05, 0.1) is 18.4 Å². The molecule has 1 aliphatic rings. The van der Waals surface area contributed by atoms with Gasteiger partial charge in [0.2, 0.25) is 11.0 Å². The van der Waals surface area contributed by atoms with Crippen molar-refractivity contribution < 1.29 is 9.53 Å². The molecule has 3 heterocycles. The maximum Gasteiger partial charge on any atom is 0.236 e. The Bertz CT molecular complexity index is 723. The van der Waals surface area contributed by atoms with Crippen molar-refractivity contribution in [1.82, 2.24) is 25.0 Å². The standard InChI is InChI=1S/C15H22N6O2S2/c1-9(2)13-18-20-15(21(13)7-11-5-4-6-23-11)24-8-12(22)16-14-19-17-10(3)25-14/h9,11H,4-8H2,1-3H3,(H,16,19,22). The van der Waals surface area contributed by atoms with Gasteiger partial charge in [0.25, 0.3) is 0 Å². The number of rotatable bonds is 7. The fourth-order valence-corrected chi connectivity index (χ4v) is 3.99. The number of aromatic nitrogens is 5. The summed E-state index contributed by atoms with van der Waals surface area (Å²) in [5.74, 6) is 1.32. The van der Waals surface area contributed by atoms with Crippen molar-refractivity contribution in [3.05, 3.63) is 10.8 Å². The molecule has 0 saturated carbocycles. The van der Waals surface area contributed by atoms with Crippen molar-refractivity contribution in [2.45, 2.75) is 57.3 Å². The van der Waals surface area contributed by atoms with Gasteiger partial charge in [-0.2, -0.15) is 0 Å². The normalized spacial score (nSPS) is 17.4. The van der Waals surface area contributed by atoms with E-state index in [2.05, 4.69) is 44.1 Å². The third-order valence-electron chi connectivity index (χ3n) is 3.78. The minimum Gasteiger partial charge on any atom is -0.376 e. The van der Waals surface area contributed by atoms with Crippen LogP contribution in [0.15, 0.2) is 5.16 Å². The van der Waals surface area contributed by atoms with E-state index in [-0.39, 0.29) is 23.7 Å². The second kappa shape index (κ2) is 8.24. The molecule has 0 bridgehead atoms. The largest absolute Gasteiger partial charge is 0.376 e. The molecular formula is C15H22N6O2S2. The summed E-state index contributed by atoms with van der Waals surface area (Å²) in [4.78, 5) is 12.1. The minimum atomic E-state index is -0.126. The fraction of sp³-hybridized carbons (Fsp3) is 0.667. The molecule has 2 aromatic heterocycles. The predicted octanol–water partition coefficient (Wildman–Crippen LogP) is 2.47. The van der Waals surface area contributed by atoms with E-state index in [9.17, 15) is 4.79 Å². The SMILES string of the molecule is Cc1nnc(NC(=O)CSc2nnc(C(C)C)n2CC2CCCO2)s1. The molecule has 25 heavy (non-hydrogen) atoms. The van der Waals surface area contributed by atoms with Crippen molar-refractivity contribution in [2.24, 2.45) is 0 Å². The summed E-state index contributed by atoms with van der Waals surface area (Å²) in [5.41, 5.74) is 0. The Morgan fingerprint density at radius 2 is 2.24 bits per heavy atom. The molecule has 1 N–H and O–H groups in total. The Labute approximate surface area is 154 Å². The molecule has 0 aromatic carbocycles. The van der Waals surface area contributed by atoms with E-state index in [0.29, 0.717) is 5.13 Å². The summed E-state index contributed by atoms with van der Waals surface area (Å²) in [7, 11) is 0. The summed E-state index contributed by atoms with van der Waals surface area (Å²) < 4.78 is 7.84. The molecule has 0 spiro atoms. The molecule has 1 unspecified atom stereocenters. The van der Waals surface area contributed by atoms with Crippen LogP contribution in [0.1, 0.15) is 43.4 Å². The van der Waals surface area contributed by atoms with Crippen molar-refractivity contribution in [3.8, 4) is 0 Å². The number of thioether (sulfide) groups is 1. The molecule has 0 radical (unpaired) electrons. The Hall–Kier alpha value is -1.52. The van der Waals surface area contributed by atoms with Gasteiger partial charge in [-0.15, -0.1) is 20.4 Å². The van der Waals surface area contributed by atoms with Gasteiger partial charge in [-0.3, -0.25) is 10.1 Å². The van der Waals surface area contributed by atoms with Gasteiger partial charge >= 0.3 is 0 Å². The van der Waals surface area contributed by atoms with E-state index in [0.717, 1.165) is 42.0 Å². The van der Waals surface area contributed by atoms with E-state index in [1.54, 1.807) is 0 Å². The lowest BCUT2D eigenvalue weighted by Gasteiger charge is -2.15. The Kier molecular flexibility index (Phi) is 6.02. The van der Waals surface area contributed by atoms with Gasteiger partial charge in [0.15, 0.2) is 5.16 Å². The third kappa shape index (κ3) is 4.77. The van der Waals surface area contributed by atoms with Gasteiger partial charge in [-0.05, 0) is 19.8 Å². The van der Waals surface area contributed by atoms with Gasteiger partial charge in [0.1, 0.15) is 10.8 Å². The van der Waals surface area contributed by atoms with Crippen LogP contribution >= 0.6 is 23.1 Å². The van der Waals surface area contributed by atoms with E-state index in [4.69, 9.17) is 4.74 Å². The summed E-state index contributed by atoms with van der Waals surface area (Å²) in [6.07, 6.45) is 2.35. The highest BCUT2D eigenvalue weighted by Crippen LogP contribution is 2.24. The first-order valence-corrected chi connectivity index (χ1v) is 10.1. The van der Waals surface area contributed by atoms with Crippen LogP contribution in [0.2, 0.25) is 0 Å². The number of nitrogens with zero attached hydrogens (tertiary/aromatic N) is 5. The van der Waals surface area contributed by atoms with Crippen LogP contribution in [0.4, 0.5) is 5.13 Å². The summed E-state index contributed by atoms with van der Waals surface area (Å²) in [5, 5.41) is 21.2. The Morgan fingerprint density at radius 1 is 1.40 bits per heavy atom. The fourth-order valence-electron chi connectivity index (χ4n) is 2.63. The molecule has 1 amide bonds. The highest BCUT2D eigenvalue weighted by Gasteiger charge is 2.22. The number of nitrogens with one attached hydrogen (secondary N) is 1. The average Bonchev–Trinajstić information content (AvgIpc) is 3.28. The van der Waals surface area contributed by atoms with Gasteiger partial charge in [-0.1, -0.05) is 36.9 Å². The lowest BCUT2D eigenvalue weighted by Crippen LogP contribution is -2.19. The van der Waals surface area contributed by atoms with Crippen molar-refractivity contribution in [3.63, 3.8) is 0 Å². The average molecular weight is 383 g/mol. The second-order valence-corrected chi connectivity index (χ2v) is 8.33. The Balaban J connectivity index is 1.63. The summed E-state index contributed by atoms with van der Waals surface area (Å²) in [6, 6.07) is 0. The molecule has 1 aliphatic heterocycles. The zero-order valence-corrected chi connectivity index (χ0v) is 16.2. The van der Waals surface area contributed by atoms with Crippen LogP contribution in [0.3, 0.4) is 0 Å². The van der Waals surface area contributed by atoms with E-state index >= 15 is 0 Å². The summed E-state index contributed by atoms with van der Waals surface area (Å²) >= 11 is 2.74. The molecular weight excluding hydrogens is 360 g/mol. The smallest absolute Gasteiger partial charge is 0.236 e. The summed E-state index contributed by atoms with van der Waals surface area (Å²) in [6.45, 7) is 7.59. The lowest BCUT2D eigenvalue weighted by molar-refractivity contribution is -0.113. The number of hydrogen-bond donors (Lipinski definition) is 1. The maximum atomic E-state index is 12.1. The van der Waals surface area contributed by atoms with Crippen LogP contribution in [-0.4, -0.2) is 49.3 Å². The molecule has 0 aliphatic carbocycles. The first kappa shape index (κ1) is 18.3. The zero-order valence-electron chi connectivity index (χ0n) is 14.6. The number of amides is 1. The molecule has 1 atom stereocenters. The number of aryl methyl sites for hydroxylation is 1. The van der Waals surface area contributed by atoms with Gasteiger partial charge in [0, 0.05) is 12.5 Å². The van der Waals surface area contributed by atoms with Gasteiger partial charge in [-0.25, -0.2) is 0 Å². The molecule has 8 nitrogen and oxygen atoms in total. The number of anilines is 1. The van der Waals surface area contributed by atoms with Crippen LogP contribution in [-0.2, 0) is 16.1 Å². The quantitative estimate of drug-likeness (QED) is 0.735. The molecule has 10 heteroatoms. The van der Waals surface area contributed by atoms with Crippen LogP contribution < -0.4 is 5.32 Å².